The van der Waals surface area contributed by atoms with Crippen LogP contribution in [-0.2, 0) is 10.2 Å². The molecule has 11 nitrogen and oxygen atoms in total. The Hall–Kier alpha value is -4.90. The van der Waals surface area contributed by atoms with Crippen molar-refractivity contribution in [2.24, 2.45) is 4.99 Å². The normalized spacial score (nSPS) is 16.8. The number of aromatic amines is 1. The lowest BCUT2D eigenvalue weighted by Crippen LogP contribution is -2.21. The van der Waals surface area contributed by atoms with Gasteiger partial charge < -0.3 is 19.6 Å². The van der Waals surface area contributed by atoms with E-state index in [1.807, 2.05) is 49.5 Å². The van der Waals surface area contributed by atoms with Gasteiger partial charge in [0.1, 0.15) is 11.5 Å². The predicted molar refractivity (Wildman–Crippen MR) is 168 cm³/mol. The Labute approximate surface area is 254 Å². The molecular formula is C33H34N8O3. The highest BCUT2D eigenvalue weighted by atomic mass is 16.5. The van der Waals surface area contributed by atoms with E-state index in [1.165, 1.54) is 0 Å². The van der Waals surface area contributed by atoms with Crippen molar-refractivity contribution in [3.05, 3.63) is 77.3 Å². The van der Waals surface area contributed by atoms with Gasteiger partial charge in [-0.3, -0.25) is 9.48 Å². The molecule has 0 radical (unpaired) electrons. The Kier molecular flexibility index (Phi) is 6.97. The number of nitrogens with one attached hydrogen (secondary N) is 2. The summed E-state index contributed by atoms with van der Waals surface area (Å²) >= 11 is 0. The molecule has 5 aromatic rings. The minimum atomic E-state index is -0.431. The first-order valence-corrected chi connectivity index (χ1v) is 14.9. The SMILES string of the molecule is C=Nc1[nH]c(-c2cnn(C3CCOCC3)c2C)nc1/C(=C\C)c1ccc2c(NC(=O)c3nc(C4(C)CC4)no3)cccc2c1. The van der Waals surface area contributed by atoms with Gasteiger partial charge in [0.15, 0.2) is 11.6 Å². The molecule has 1 aliphatic carbocycles. The van der Waals surface area contributed by atoms with Crippen LogP contribution in [0.15, 0.2) is 58.2 Å². The van der Waals surface area contributed by atoms with Gasteiger partial charge in [-0.1, -0.05) is 42.4 Å². The fourth-order valence-electron chi connectivity index (χ4n) is 5.90. The van der Waals surface area contributed by atoms with Crippen molar-refractivity contribution >= 4 is 40.5 Å². The van der Waals surface area contributed by atoms with E-state index in [0.717, 1.165) is 72.1 Å². The molecule has 0 bridgehead atoms. The summed E-state index contributed by atoms with van der Waals surface area (Å²) in [5, 5.41) is 13.5. The van der Waals surface area contributed by atoms with E-state index in [1.54, 1.807) is 0 Å². The molecule has 7 rings (SSSR count). The van der Waals surface area contributed by atoms with Gasteiger partial charge >= 0.3 is 11.8 Å². The summed E-state index contributed by atoms with van der Waals surface area (Å²) in [7, 11) is 0. The Balaban J connectivity index is 1.17. The van der Waals surface area contributed by atoms with Gasteiger partial charge in [0.05, 0.1) is 17.8 Å². The van der Waals surface area contributed by atoms with E-state index >= 15 is 0 Å². The fourth-order valence-corrected chi connectivity index (χ4v) is 5.90. The number of aliphatic imine (C=N–C) groups is 1. The highest BCUT2D eigenvalue weighted by Gasteiger charge is 2.44. The van der Waals surface area contributed by atoms with Gasteiger partial charge in [-0.2, -0.15) is 10.1 Å². The lowest BCUT2D eigenvalue weighted by Gasteiger charge is -2.23. The number of imidazole rings is 1. The zero-order chi connectivity index (χ0) is 30.4. The minimum absolute atomic E-state index is 0.0368. The lowest BCUT2D eigenvalue weighted by atomic mass is 9.98. The van der Waals surface area contributed by atoms with Gasteiger partial charge in [-0.15, -0.1) is 0 Å². The van der Waals surface area contributed by atoms with Crippen molar-refractivity contribution in [3.8, 4) is 11.4 Å². The number of allylic oxidation sites excluding steroid dienone is 1. The van der Waals surface area contributed by atoms with E-state index in [2.05, 4.69) is 56.7 Å². The van der Waals surface area contributed by atoms with Crippen molar-refractivity contribution in [2.45, 2.75) is 57.9 Å². The van der Waals surface area contributed by atoms with Gasteiger partial charge in [0.25, 0.3) is 0 Å². The van der Waals surface area contributed by atoms with E-state index < -0.39 is 5.91 Å². The van der Waals surface area contributed by atoms with Crippen LogP contribution >= 0.6 is 0 Å². The number of hydrogen-bond donors (Lipinski definition) is 2. The topological polar surface area (TPSA) is 136 Å². The molecule has 2 aromatic carbocycles. The summed E-state index contributed by atoms with van der Waals surface area (Å²) in [5.41, 5.74) is 5.13. The molecule has 0 spiro atoms. The number of carbonyl (C=O) groups excluding carboxylic acids is 1. The molecule has 224 valence electrons. The molecule has 0 unspecified atom stereocenters. The van der Waals surface area contributed by atoms with Crippen LogP contribution in [0.2, 0.25) is 0 Å². The molecule has 2 N–H and O–H groups in total. The van der Waals surface area contributed by atoms with Crippen molar-refractivity contribution in [3.63, 3.8) is 0 Å². The molecule has 2 fully saturated rings. The highest BCUT2D eigenvalue weighted by molar-refractivity contribution is 6.07. The summed E-state index contributed by atoms with van der Waals surface area (Å²) in [6.07, 6.45) is 7.77. The quantitative estimate of drug-likeness (QED) is 0.195. The number of benzene rings is 2. The van der Waals surface area contributed by atoms with Crippen molar-refractivity contribution in [1.82, 2.24) is 29.9 Å². The van der Waals surface area contributed by atoms with Crippen LogP contribution < -0.4 is 5.32 Å². The second kappa shape index (κ2) is 11.0. The third-order valence-corrected chi connectivity index (χ3v) is 8.82. The molecule has 11 heteroatoms. The maximum absolute atomic E-state index is 13.0. The van der Waals surface area contributed by atoms with Crippen LogP contribution in [-0.4, -0.2) is 55.7 Å². The number of amides is 1. The largest absolute Gasteiger partial charge is 0.381 e. The molecule has 44 heavy (non-hydrogen) atoms. The molecule has 1 amide bonds. The first kappa shape index (κ1) is 27.9. The number of anilines is 1. The first-order valence-electron chi connectivity index (χ1n) is 14.9. The molecule has 1 saturated heterocycles. The zero-order valence-corrected chi connectivity index (χ0v) is 25.1. The molecule has 1 aliphatic heterocycles. The van der Waals surface area contributed by atoms with E-state index in [9.17, 15) is 4.79 Å². The summed E-state index contributed by atoms with van der Waals surface area (Å²) < 4.78 is 12.9. The molecule has 2 aliphatic rings. The van der Waals surface area contributed by atoms with Crippen molar-refractivity contribution in [1.29, 1.82) is 0 Å². The van der Waals surface area contributed by atoms with Gasteiger partial charge in [-0.05, 0) is 69.3 Å². The number of ether oxygens (including phenoxy) is 1. The Morgan fingerprint density at radius 3 is 2.77 bits per heavy atom. The molecule has 3 aromatic heterocycles. The predicted octanol–water partition coefficient (Wildman–Crippen LogP) is 6.56. The highest BCUT2D eigenvalue weighted by Crippen LogP contribution is 2.46. The van der Waals surface area contributed by atoms with Gasteiger partial charge in [-0.25, -0.2) is 9.98 Å². The maximum Gasteiger partial charge on any atom is 0.316 e. The third kappa shape index (κ3) is 4.92. The van der Waals surface area contributed by atoms with Crippen molar-refractivity contribution < 1.29 is 14.1 Å². The lowest BCUT2D eigenvalue weighted by molar-refractivity contribution is 0.0657. The summed E-state index contributed by atoms with van der Waals surface area (Å²) in [6, 6.07) is 12.2. The molecule has 1 saturated carbocycles. The van der Waals surface area contributed by atoms with E-state index in [4.69, 9.17) is 19.3 Å². The summed E-state index contributed by atoms with van der Waals surface area (Å²) in [6.45, 7) is 11.4. The van der Waals surface area contributed by atoms with E-state index in [0.29, 0.717) is 34.9 Å². The number of nitrogens with zero attached hydrogens (tertiary/aromatic N) is 6. The number of aromatic nitrogens is 6. The number of fused-ring (bicyclic) bond motifs is 1. The Bertz CT molecular complexity index is 1920. The monoisotopic (exact) mass is 590 g/mol. The van der Waals surface area contributed by atoms with Gasteiger partial charge in [0.2, 0.25) is 0 Å². The average molecular weight is 591 g/mol. The second-order valence-corrected chi connectivity index (χ2v) is 11.8. The first-order chi connectivity index (χ1) is 21.4. The third-order valence-electron chi connectivity index (χ3n) is 8.82. The average Bonchev–Trinajstić information content (AvgIpc) is 3.40. The fraction of sp³-hybridized carbons (Fsp3) is 0.333. The summed E-state index contributed by atoms with van der Waals surface area (Å²) in [5.74, 6) is 1.40. The van der Waals surface area contributed by atoms with Crippen LogP contribution in [0.25, 0.3) is 27.7 Å². The minimum Gasteiger partial charge on any atom is -0.381 e. The second-order valence-electron chi connectivity index (χ2n) is 11.8. The maximum atomic E-state index is 13.0. The van der Waals surface area contributed by atoms with Gasteiger partial charge in [0, 0.05) is 41.0 Å². The Morgan fingerprint density at radius 2 is 2.02 bits per heavy atom. The van der Waals surface area contributed by atoms with Crippen LogP contribution in [0, 0.1) is 6.92 Å². The standard InChI is InChI=1S/C33H34N8O3/c1-5-23(27-29(34-4)38-28(37-27)25-18-35-41(19(25)2)22-11-15-43-16-12-22)21-9-10-24-20(17-21)7-6-8-26(24)36-30(42)31-39-32(40-44-31)33(3)13-14-33/h5-10,17-18,22H,4,11-16H2,1-3H3,(H,36,42)(H,37,38)/b23-5-. The molecule has 0 atom stereocenters. The molecule has 4 heterocycles. The number of H-pyrrole nitrogens is 1. The van der Waals surface area contributed by atoms with Crippen LogP contribution in [0.1, 0.15) is 79.0 Å². The van der Waals surface area contributed by atoms with Crippen LogP contribution in [0.5, 0.6) is 0 Å². The van der Waals surface area contributed by atoms with Crippen LogP contribution in [0.3, 0.4) is 0 Å². The summed E-state index contributed by atoms with van der Waals surface area (Å²) in [4.78, 5) is 29.9. The number of carbonyl (C=O) groups is 1. The molecular weight excluding hydrogens is 556 g/mol. The Morgan fingerprint density at radius 1 is 1.20 bits per heavy atom. The smallest absolute Gasteiger partial charge is 0.316 e. The number of rotatable bonds is 8. The van der Waals surface area contributed by atoms with Crippen molar-refractivity contribution in [2.75, 3.05) is 18.5 Å². The zero-order valence-electron chi connectivity index (χ0n) is 25.1. The number of hydrogen-bond acceptors (Lipinski definition) is 8. The van der Waals surface area contributed by atoms with Crippen LogP contribution in [0.4, 0.5) is 11.5 Å². The van der Waals surface area contributed by atoms with E-state index in [-0.39, 0.29) is 11.3 Å².